The third-order valence-electron chi connectivity index (χ3n) is 1.80. The molecule has 1 saturated heterocycles. The smallest absolute Gasteiger partial charge is 0.356 e. The van der Waals surface area contributed by atoms with E-state index in [1.807, 2.05) is 30.3 Å². The van der Waals surface area contributed by atoms with Crippen molar-refractivity contribution in [3.8, 4) is 0 Å². The number of nitrogens with one attached hydrogen (secondary N) is 1. The first kappa shape index (κ1) is 7.86. The summed E-state index contributed by atoms with van der Waals surface area (Å²) in [4.78, 5) is 11.0. The van der Waals surface area contributed by atoms with Crippen LogP contribution in [0.2, 0.25) is 0 Å². The van der Waals surface area contributed by atoms with E-state index in [0.717, 1.165) is 5.56 Å². The van der Waals surface area contributed by atoms with Gasteiger partial charge in [0, 0.05) is 0 Å². The van der Waals surface area contributed by atoms with Crippen LogP contribution in [-0.2, 0) is 9.53 Å². The minimum Gasteiger partial charge on any atom is -0.440 e. The van der Waals surface area contributed by atoms with Gasteiger partial charge < -0.3 is 10.1 Å². The fourth-order valence-electron chi connectivity index (χ4n) is 1.16. The zero-order chi connectivity index (χ0) is 9.10. The molecule has 1 fully saturated rings. The van der Waals surface area contributed by atoms with Crippen molar-refractivity contribution in [2.24, 2.45) is 0 Å². The average Bonchev–Trinajstić information content (AvgIpc) is 2.54. The van der Waals surface area contributed by atoms with Gasteiger partial charge in [0.2, 0.25) is 0 Å². The molecular formula is C10H9NO2. The summed E-state index contributed by atoms with van der Waals surface area (Å²) in [5, 5.41) is 2.84. The molecule has 1 heterocycles. The Kier molecular flexibility index (Phi) is 2.00. The van der Waals surface area contributed by atoms with Crippen molar-refractivity contribution in [2.75, 3.05) is 6.73 Å². The number of hydrogen-bond acceptors (Lipinski definition) is 3. The van der Waals surface area contributed by atoms with Crippen LogP contribution in [0.1, 0.15) is 5.56 Å². The van der Waals surface area contributed by atoms with E-state index < -0.39 is 0 Å². The molecule has 1 aliphatic rings. The predicted octanol–water partition coefficient (Wildman–Crippen LogP) is 1.13. The Morgan fingerprint density at radius 3 is 2.69 bits per heavy atom. The Bertz CT molecular complexity index is 343. The van der Waals surface area contributed by atoms with Crippen LogP contribution >= 0.6 is 0 Å². The third-order valence-corrected chi connectivity index (χ3v) is 1.80. The lowest BCUT2D eigenvalue weighted by atomic mass is 10.2. The normalized spacial score (nSPS) is 18.5. The molecule has 0 radical (unpaired) electrons. The maximum Gasteiger partial charge on any atom is 0.356 e. The van der Waals surface area contributed by atoms with Gasteiger partial charge in [0.05, 0.1) is 0 Å². The molecule has 13 heavy (non-hydrogen) atoms. The van der Waals surface area contributed by atoms with E-state index in [9.17, 15) is 4.79 Å². The standard InChI is InChI=1S/C10H9NO2/c12-10-9(11-7-13-10)6-8-4-2-1-3-5-8/h1-6,11H,7H2. The zero-order valence-electron chi connectivity index (χ0n) is 6.99. The predicted molar refractivity (Wildman–Crippen MR) is 48.5 cm³/mol. The summed E-state index contributed by atoms with van der Waals surface area (Å²) in [5.74, 6) is -0.288. The van der Waals surface area contributed by atoms with Gasteiger partial charge in [0.25, 0.3) is 0 Å². The molecule has 0 spiro atoms. The highest BCUT2D eigenvalue weighted by atomic mass is 16.6. The van der Waals surface area contributed by atoms with Crippen molar-refractivity contribution in [1.29, 1.82) is 0 Å². The van der Waals surface area contributed by atoms with Crippen molar-refractivity contribution in [3.63, 3.8) is 0 Å². The second-order valence-electron chi connectivity index (χ2n) is 2.72. The minimum absolute atomic E-state index is 0.275. The summed E-state index contributed by atoms with van der Waals surface area (Å²) in [5.41, 5.74) is 1.51. The highest BCUT2D eigenvalue weighted by Crippen LogP contribution is 2.08. The highest BCUT2D eigenvalue weighted by molar-refractivity contribution is 5.94. The molecule has 3 heteroatoms. The van der Waals surface area contributed by atoms with E-state index in [4.69, 9.17) is 4.74 Å². The van der Waals surface area contributed by atoms with E-state index in [-0.39, 0.29) is 12.7 Å². The molecule has 0 unspecified atom stereocenters. The third kappa shape index (κ3) is 1.69. The van der Waals surface area contributed by atoms with Crippen molar-refractivity contribution in [3.05, 3.63) is 41.6 Å². The molecule has 2 rings (SSSR count). The largest absolute Gasteiger partial charge is 0.440 e. The number of hydrogen-bond donors (Lipinski definition) is 1. The zero-order valence-corrected chi connectivity index (χ0v) is 6.99. The Morgan fingerprint density at radius 2 is 2.08 bits per heavy atom. The summed E-state index contributed by atoms with van der Waals surface area (Å²) in [6, 6.07) is 9.64. The van der Waals surface area contributed by atoms with Gasteiger partial charge in [-0.2, -0.15) is 0 Å². The number of rotatable bonds is 1. The maximum atomic E-state index is 11.0. The molecule has 1 aromatic carbocycles. The molecule has 0 amide bonds. The number of carbonyl (C=O) groups excluding carboxylic acids is 1. The monoisotopic (exact) mass is 175 g/mol. The Morgan fingerprint density at radius 1 is 1.31 bits per heavy atom. The summed E-state index contributed by atoms with van der Waals surface area (Å²) in [7, 11) is 0. The van der Waals surface area contributed by atoms with Crippen LogP contribution in [0.5, 0.6) is 0 Å². The first-order chi connectivity index (χ1) is 6.36. The van der Waals surface area contributed by atoms with Crippen LogP contribution in [-0.4, -0.2) is 12.7 Å². The van der Waals surface area contributed by atoms with Gasteiger partial charge in [-0.25, -0.2) is 4.79 Å². The summed E-state index contributed by atoms with van der Waals surface area (Å²) < 4.78 is 4.72. The van der Waals surface area contributed by atoms with E-state index in [1.165, 1.54) is 0 Å². The summed E-state index contributed by atoms with van der Waals surface area (Å²) in [6.07, 6.45) is 1.77. The molecule has 3 nitrogen and oxygen atoms in total. The van der Waals surface area contributed by atoms with Crippen molar-refractivity contribution in [2.45, 2.75) is 0 Å². The average molecular weight is 175 g/mol. The van der Waals surface area contributed by atoms with Crippen LogP contribution in [0.15, 0.2) is 36.0 Å². The number of benzene rings is 1. The van der Waals surface area contributed by atoms with E-state index in [0.29, 0.717) is 5.70 Å². The van der Waals surface area contributed by atoms with Gasteiger partial charge in [-0.3, -0.25) is 0 Å². The van der Waals surface area contributed by atoms with Crippen LogP contribution < -0.4 is 5.32 Å². The van der Waals surface area contributed by atoms with Crippen LogP contribution in [0.25, 0.3) is 6.08 Å². The molecule has 1 N–H and O–H groups in total. The van der Waals surface area contributed by atoms with Crippen molar-refractivity contribution in [1.82, 2.24) is 5.32 Å². The molecule has 0 saturated carbocycles. The molecule has 66 valence electrons. The van der Waals surface area contributed by atoms with E-state index >= 15 is 0 Å². The Hall–Kier alpha value is -1.77. The van der Waals surface area contributed by atoms with Gasteiger partial charge in [-0.15, -0.1) is 0 Å². The van der Waals surface area contributed by atoms with Crippen LogP contribution in [0.3, 0.4) is 0 Å². The lowest BCUT2D eigenvalue weighted by Gasteiger charge is -1.93. The summed E-state index contributed by atoms with van der Waals surface area (Å²) >= 11 is 0. The van der Waals surface area contributed by atoms with Gasteiger partial charge in [-0.1, -0.05) is 30.3 Å². The molecule has 1 aromatic rings. The second kappa shape index (κ2) is 3.31. The Labute approximate surface area is 76.0 Å². The lowest BCUT2D eigenvalue weighted by molar-refractivity contribution is -0.135. The highest BCUT2D eigenvalue weighted by Gasteiger charge is 2.16. The van der Waals surface area contributed by atoms with Crippen molar-refractivity contribution < 1.29 is 9.53 Å². The van der Waals surface area contributed by atoms with Crippen LogP contribution in [0.4, 0.5) is 0 Å². The van der Waals surface area contributed by atoms with Gasteiger partial charge in [0.15, 0.2) is 6.73 Å². The molecular weight excluding hydrogens is 166 g/mol. The fraction of sp³-hybridized carbons (Fsp3) is 0.100. The van der Waals surface area contributed by atoms with Gasteiger partial charge in [-0.05, 0) is 11.6 Å². The molecule has 0 bridgehead atoms. The summed E-state index contributed by atoms with van der Waals surface area (Å²) in [6.45, 7) is 0.275. The van der Waals surface area contributed by atoms with Gasteiger partial charge >= 0.3 is 5.97 Å². The van der Waals surface area contributed by atoms with Gasteiger partial charge in [0.1, 0.15) is 5.70 Å². The SMILES string of the molecule is O=C1OCNC1=Cc1ccccc1. The van der Waals surface area contributed by atoms with E-state index in [2.05, 4.69) is 5.32 Å². The molecule has 1 aliphatic heterocycles. The molecule has 0 atom stereocenters. The number of ether oxygens (including phenoxy) is 1. The number of cyclic esters (lactones) is 1. The molecule has 0 aliphatic carbocycles. The van der Waals surface area contributed by atoms with E-state index in [1.54, 1.807) is 6.08 Å². The first-order valence-electron chi connectivity index (χ1n) is 4.04. The fourth-order valence-corrected chi connectivity index (χ4v) is 1.16. The number of esters is 1. The first-order valence-corrected chi connectivity index (χ1v) is 4.04. The van der Waals surface area contributed by atoms with Crippen LogP contribution in [0, 0.1) is 0 Å². The topological polar surface area (TPSA) is 38.3 Å². The quantitative estimate of drug-likeness (QED) is 0.513. The number of carbonyl (C=O) groups is 1. The lowest BCUT2D eigenvalue weighted by Crippen LogP contribution is -2.05. The Balaban J connectivity index is 2.25. The molecule has 0 aromatic heterocycles. The van der Waals surface area contributed by atoms with Crippen molar-refractivity contribution >= 4 is 12.0 Å². The second-order valence-corrected chi connectivity index (χ2v) is 2.72. The minimum atomic E-state index is -0.288. The maximum absolute atomic E-state index is 11.0.